The Labute approximate surface area is 132 Å². The van der Waals surface area contributed by atoms with E-state index in [4.69, 9.17) is 15.2 Å². The van der Waals surface area contributed by atoms with Gasteiger partial charge in [0, 0.05) is 36.2 Å². The topological polar surface area (TPSA) is 73.6 Å². The van der Waals surface area contributed by atoms with Gasteiger partial charge in [-0.3, -0.25) is 4.79 Å². The minimum Gasteiger partial charge on any atom is -0.493 e. The molecule has 1 amide bonds. The molecule has 6 heteroatoms. The van der Waals surface area contributed by atoms with Gasteiger partial charge in [0.15, 0.2) is 0 Å². The minimum absolute atomic E-state index is 0.113. The van der Waals surface area contributed by atoms with Gasteiger partial charge < -0.3 is 20.5 Å². The van der Waals surface area contributed by atoms with Gasteiger partial charge in [-0.15, -0.1) is 0 Å². The molecule has 0 aromatic heterocycles. The van der Waals surface area contributed by atoms with Crippen molar-refractivity contribution in [3.63, 3.8) is 0 Å². The van der Waals surface area contributed by atoms with Gasteiger partial charge in [-0.1, -0.05) is 15.9 Å². The van der Waals surface area contributed by atoms with E-state index in [9.17, 15) is 4.79 Å². The van der Waals surface area contributed by atoms with Gasteiger partial charge in [0.1, 0.15) is 5.75 Å². The fourth-order valence-corrected chi connectivity index (χ4v) is 3.34. The van der Waals surface area contributed by atoms with Gasteiger partial charge in [0.05, 0.1) is 12.1 Å². The van der Waals surface area contributed by atoms with Crippen LogP contribution in [-0.2, 0) is 22.5 Å². The number of hydrogen-bond acceptors (Lipinski definition) is 4. The molecule has 5 nitrogen and oxygen atoms in total. The van der Waals surface area contributed by atoms with E-state index >= 15 is 0 Å². The average Bonchev–Trinajstić information content (AvgIpc) is 2.93. The Kier molecular flexibility index (Phi) is 4.19. The molecule has 0 atom stereocenters. The van der Waals surface area contributed by atoms with E-state index in [1.165, 1.54) is 5.56 Å². The molecule has 2 aliphatic rings. The van der Waals surface area contributed by atoms with Gasteiger partial charge in [-0.05, 0) is 30.5 Å². The Morgan fingerprint density at radius 3 is 2.86 bits per heavy atom. The Bertz CT molecular complexity index is 556. The number of nitrogens with one attached hydrogen (secondary N) is 1. The summed E-state index contributed by atoms with van der Waals surface area (Å²) in [6, 6.07) is 4.05. The Balaban J connectivity index is 1.69. The van der Waals surface area contributed by atoms with E-state index in [0.29, 0.717) is 39.2 Å². The molecule has 0 unspecified atom stereocenters. The smallest absolute Gasteiger partial charge is 0.240 e. The molecule has 1 saturated heterocycles. The molecule has 114 valence electrons. The van der Waals surface area contributed by atoms with Crippen molar-refractivity contribution in [2.24, 2.45) is 5.73 Å². The summed E-state index contributed by atoms with van der Waals surface area (Å²) >= 11 is 3.50. The van der Waals surface area contributed by atoms with Crippen LogP contribution in [0.3, 0.4) is 0 Å². The maximum absolute atomic E-state index is 12.3. The summed E-state index contributed by atoms with van der Waals surface area (Å²) in [5.41, 5.74) is 7.54. The lowest BCUT2D eigenvalue weighted by molar-refractivity contribution is -0.129. The van der Waals surface area contributed by atoms with Crippen LogP contribution in [0, 0.1) is 0 Å². The fourth-order valence-electron chi connectivity index (χ4n) is 2.79. The van der Waals surface area contributed by atoms with Crippen LogP contribution in [0.25, 0.3) is 0 Å². The largest absolute Gasteiger partial charge is 0.493 e. The first-order valence-corrected chi connectivity index (χ1v) is 7.97. The molecule has 3 rings (SSSR count). The molecular formula is C15H19BrN2O3. The van der Waals surface area contributed by atoms with Crippen molar-refractivity contribution in [1.29, 1.82) is 0 Å². The first-order valence-electron chi connectivity index (χ1n) is 7.17. The van der Waals surface area contributed by atoms with E-state index in [1.807, 2.05) is 6.07 Å². The van der Waals surface area contributed by atoms with E-state index in [2.05, 4.69) is 27.3 Å². The number of halogens is 1. The maximum atomic E-state index is 12.3. The molecule has 3 N–H and O–H groups in total. The highest BCUT2D eigenvalue weighted by atomic mass is 79.9. The second-order valence-electron chi connectivity index (χ2n) is 5.60. The molecule has 1 aromatic rings. The number of nitrogens with two attached hydrogens (primary N) is 1. The molecule has 0 aliphatic carbocycles. The van der Waals surface area contributed by atoms with Crippen molar-refractivity contribution in [3.05, 3.63) is 27.7 Å². The number of fused-ring (bicyclic) bond motifs is 1. The summed E-state index contributed by atoms with van der Waals surface area (Å²) in [5.74, 6) is 0.786. The van der Waals surface area contributed by atoms with Crippen LogP contribution in [0.1, 0.15) is 24.0 Å². The van der Waals surface area contributed by atoms with Crippen LogP contribution in [0.5, 0.6) is 5.75 Å². The summed E-state index contributed by atoms with van der Waals surface area (Å²) in [6.45, 7) is 2.21. The molecule has 0 radical (unpaired) electrons. The number of amides is 1. The van der Waals surface area contributed by atoms with Crippen molar-refractivity contribution in [2.45, 2.75) is 31.3 Å². The molecule has 1 fully saturated rings. The second kappa shape index (κ2) is 5.94. The highest BCUT2D eigenvalue weighted by Gasteiger charge is 2.35. The van der Waals surface area contributed by atoms with Gasteiger partial charge in [-0.2, -0.15) is 0 Å². The third kappa shape index (κ3) is 3.07. The third-order valence-electron chi connectivity index (χ3n) is 4.10. The van der Waals surface area contributed by atoms with Crippen LogP contribution in [0.4, 0.5) is 0 Å². The highest BCUT2D eigenvalue weighted by molar-refractivity contribution is 9.10. The highest BCUT2D eigenvalue weighted by Crippen LogP contribution is 2.33. The molecular weight excluding hydrogens is 336 g/mol. The molecule has 21 heavy (non-hydrogen) atoms. The summed E-state index contributed by atoms with van der Waals surface area (Å²) < 4.78 is 11.9. The SMILES string of the molecule is NC1(C(=O)NCc2cc(Br)cc3c2OCC3)CCOCC1. The zero-order chi connectivity index (χ0) is 14.9. The van der Waals surface area contributed by atoms with Crippen LogP contribution < -0.4 is 15.8 Å². The third-order valence-corrected chi connectivity index (χ3v) is 4.56. The van der Waals surface area contributed by atoms with E-state index < -0.39 is 5.54 Å². The Hall–Kier alpha value is -1.11. The lowest BCUT2D eigenvalue weighted by Gasteiger charge is -2.31. The average molecular weight is 355 g/mol. The maximum Gasteiger partial charge on any atom is 0.240 e. The zero-order valence-electron chi connectivity index (χ0n) is 11.8. The number of benzene rings is 1. The predicted octanol–water partition coefficient (Wildman–Crippen LogP) is 1.51. The van der Waals surface area contributed by atoms with Crippen LogP contribution in [-0.4, -0.2) is 31.3 Å². The number of carbonyl (C=O) groups excluding carboxylic acids is 1. The molecule has 0 bridgehead atoms. The van der Waals surface area contributed by atoms with Crippen molar-refractivity contribution >= 4 is 21.8 Å². The van der Waals surface area contributed by atoms with Crippen LogP contribution in [0.2, 0.25) is 0 Å². The lowest BCUT2D eigenvalue weighted by Crippen LogP contribution is -2.56. The fraction of sp³-hybridized carbons (Fsp3) is 0.533. The normalized spacial score (nSPS) is 19.7. The molecule has 1 aromatic carbocycles. The van der Waals surface area contributed by atoms with Gasteiger partial charge in [-0.25, -0.2) is 0 Å². The molecule has 2 aliphatic heterocycles. The van der Waals surface area contributed by atoms with Crippen LogP contribution in [0.15, 0.2) is 16.6 Å². The molecule has 0 spiro atoms. The molecule has 2 heterocycles. The van der Waals surface area contributed by atoms with Gasteiger partial charge >= 0.3 is 0 Å². The lowest BCUT2D eigenvalue weighted by atomic mass is 9.90. The van der Waals surface area contributed by atoms with E-state index in [-0.39, 0.29) is 5.91 Å². The van der Waals surface area contributed by atoms with Gasteiger partial charge in [0.25, 0.3) is 0 Å². The number of rotatable bonds is 3. The summed E-state index contributed by atoms with van der Waals surface area (Å²) in [6.07, 6.45) is 2.03. The summed E-state index contributed by atoms with van der Waals surface area (Å²) in [5, 5.41) is 2.95. The van der Waals surface area contributed by atoms with Crippen molar-refractivity contribution in [2.75, 3.05) is 19.8 Å². The molecule has 0 saturated carbocycles. The van der Waals surface area contributed by atoms with Crippen molar-refractivity contribution in [3.8, 4) is 5.75 Å². The standard InChI is InChI=1S/C15H19BrN2O3/c16-12-7-10-1-4-21-13(10)11(8-12)9-18-14(19)15(17)2-5-20-6-3-15/h7-8H,1-6,9,17H2,(H,18,19). The zero-order valence-corrected chi connectivity index (χ0v) is 13.4. The van der Waals surface area contributed by atoms with E-state index in [0.717, 1.165) is 22.2 Å². The van der Waals surface area contributed by atoms with Crippen molar-refractivity contribution < 1.29 is 14.3 Å². The minimum atomic E-state index is -0.811. The first-order chi connectivity index (χ1) is 10.1. The quantitative estimate of drug-likeness (QED) is 0.862. The van der Waals surface area contributed by atoms with Gasteiger partial charge in [0.2, 0.25) is 5.91 Å². The summed E-state index contributed by atoms with van der Waals surface area (Å²) in [7, 11) is 0. The van der Waals surface area contributed by atoms with E-state index in [1.54, 1.807) is 0 Å². The summed E-state index contributed by atoms with van der Waals surface area (Å²) in [4.78, 5) is 12.3. The van der Waals surface area contributed by atoms with Crippen molar-refractivity contribution in [1.82, 2.24) is 5.32 Å². The monoisotopic (exact) mass is 354 g/mol. The first kappa shape index (κ1) is 14.8. The Morgan fingerprint density at radius 1 is 1.33 bits per heavy atom. The Morgan fingerprint density at radius 2 is 2.10 bits per heavy atom. The number of hydrogen-bond donors (Lipinski definition) is 2. The number of carbonyl (C=O) groups is 1. The second-order valence-corrected chi connectivity index (χ2v) is 6.52. The number of ether oxygens (including phenoxy) is 2. The predicted molar refractivity (Wildman–Crippen MR) is 82.2 cm³/mol. The van der Waals surface area contributed by atoms with Crippen LogP contribution >= 0.6 is 15.9 Å².